The van der Waals surface area contributed by atoms with Crippen molar-refractivity contribution in [3.8, 4) is 0 Å². The number of thioether (sulfide) groups is 1. The Morgan fingerprint density at radius 3 is 2.45 bits per heavy atom. The zero-order chi connectivity index (χ0) is 22.9. The molecule has 7 heteroatoms. The predicted molar refractivity (Wildman–Crippen MR) is 141 cm³/mol. The van der Waals surface area contributed by atoms with E-state index in [1.807, 2.05) is 36.4 Å². The van der Waals surface area contributed by atoms with Crippen molar-refractivity contribution in [3.05, 3.63) is 81.0 Å². The number of para-hydroxylation sites is 1. The van der Waals surface area contributed by atoms with Crippen molar-refractivity contribution in [2.24, 2.45) is 7.05 Å². The summed E-state index contributed by atoms with van der Waals surface area (Å²) in [5.41, 5.74) is 3.47. The minimum absolute atomic E-state index is 0.0925. The maximum Gasteiger partial charge on any atom is 0.266 e. The summed E-state index contributed by atoms with van der Waals surface area (Å²) in [5, 5.41) is 1.03. The van der Waals surface area contributed by atoms with Crippen LogP contribution in [-0.2, 0) is 18.3 Å². The average Bonchev–Trinajstić information content (AvgIpc) is 3.45. The van der Waals surface area contributed by atoms with Crippen LogP contribution in [-0.4, -0.2) is 39.3 Å². The van der Waals surface area contributed by atoms with Gasteiger partial charge in [0.25, 0.3) is 11.5 Å². The number of rotatable bonds is 5. The van der Waals surface area contributed by atoms with E-state index in [0.717, 1.165) is 54.5 Å². The second kappa shape index (κ2) is 9.15. The van der Waals surface area contributed by atoms with Crippen molar-refractivity contribution in [1.82, 2.24) is 9.47 Å². The molecule has 168 valence electrons. The molecule has 2 aromatic carbocycles. The topological polar surface area (TPSA) is 45.6 Å². The Morgan fingerprint density at radius 2 is 1.70 bits per heavy atom. The maximum atomic E-state index is 13.5. The van der Waals surface area contributed by atoms with E-state index < -0.39 is 0 Å². The molecule has 0 spiro atoms. The number of hydrogen-bond acceptors (Lipinski definition) is 5. The summed E-state index contributed by atoms with van der Waals surface area (Å²) in [4.78, 5) is 31.2. The first kappa shape index (κ1) is 21.9. The number of pyridine rings is 1. The summed E-state index contributed by atoms with van der Waals surface area (Å²) in [6, 6.07) is 18.1. The number of benzene rings is 2. The first-order valence-electron chi connectivity index (χ1n) is 11.2. The van der Waals surface area contributed by atoms with E-state index in [1.54, 1.807) is 22.6 Å². The van der Waals surface area contributed by atoms with E-state index >= 15 is 0 Å². The molecule has 33 heavy (non-hydrogen) atoms. The third-order valence-electron chi connectivity index (χ3n) is 6.35. The number of thiocarbonyl (C=S) groups is 1. The number of carbonyl (C=O) groups excluding carboxylic acids is 1. The SMILES string of the molecule is Cn1c(=O)c(C=C2SC(=S)N(CCc3ccccc3)C2=O)c(N2CCCC2)c2ccccc21. The summed E-state index contributed by atoms with van der Waals surface area (Å²) in [7, 11) is 1.79. The fourth-order valence-corrected chi connectivity index (χ4v) is 5.91. The second-order valence-electron chi connectivity index (χ2n) is 8.41. The summed E-state index contributed by atoms with van der Waals surface area (Å²) in [6.45, 7) is 2.35. The molecule has 0 saturated carbocycles. The number of aromatic nitrogens is 1. The molecule has 2 aliphatic heterocycles. The molecule has 2 saturated heterocycles. The summed E-state index contributed by atoms with van der Waals surface area (Å²) in [6.07, 6.45) is 4.71. The van der Waals surface area contributed by atoms with Crippen LogP contribution in [0.25, 0.3) is 17.0 Å². The lowest BCUT2D eigenvalue weighted by atomic mass is 10.1. The Balaban J connectivity index is 1.54. The van der Waals surface area contributed by atoms with Gasteiger partial charge in [0.1, 0.15) is 4.32 Å². The monoisotopic (exact) mass is 475 g/mol. The van der Waals surface area contributed by atoms with E-state index in [9.17, 15) is 9.59 Å². The third-order valence-corrected chi connectivity index (χ3v) is 7.73. The van der Waals surface area contributed by atoms with Crippen LogP contribution in [0.15, 0.2) is 64.3 Å². The molecule has 5 nitrogen and oxygen atoms in total. The highest BCUT2D eigenvalue weighted by molar-refractivity contribution is 8.26. The summed E-state index contributed by atoms with van der Waals surface area (Å²) < 4.78 is 2.22. The normalized spacial score (nSPS) is 17.7. The summed E-state index contributed by atoms with van der Waals surface area (Å²) >= 11 is 6.82. The van der Waals surface area contributed by atoms with Gasteiger partial charge < -0.3 is 9.47 Å². The molecule has 0 bridgehead atoms. The molecule has 0 unspecified atom stereocenters. The minimum Gasteiger partial charge on any atom is -0.370 e. The largest absolute Gasteiger partial charge is 0.370 e. The predicted octanol–water partition coefficient (Wildman–Crippen LogP) is 4.58. The Bertz CT molecular complexity index is 1320. The van der Waals surface area contributed by atoms with Gasteiger partial charge in [-0.05, 0) is 37.0 Å². The number of fused-ring (bicyclic) bond motifs is 1. The van der Waals surface area contributed by atoms with Gasteiger partial charge in [-0.3, -0.25) is 14.5 Å². The summed E-state index contributed by atoms with van der Waals surface area (Å²) in [5.74, 6) is -0.122. The zero-order valence-electron chi connectivity index (χ0n) is 18.5. The van der Waals surface area contributed by atoms with Crippen molar-refractivity contribution in [1.29, 1.82) is 0 Å². The quantitative estimate of drug-likeness (QED) is 0.399. The van der Waals surface area contributed by atoms with Crippen molar-refractivity contribution in [2.75, 3.05) is 24.5 Å². The van der Waals surface area contributed by atoms with Gasteiger partial charge in [0, 0.05) is 32.1 Å². The first-order chi connectivity index (χ1) is 16.0. The molecule has 5 rings (SSSR count). The van der Waals surface area contributed by atoms with Gasteiger partial charge in [-0.15, -0.1) is 0 Å². The van der Waals surface area contributed by atoms with Crippen LogP contribution >= 0.6 is 24.0 Å². The van der Waals surface area contributed by atoms with Gasteiger partial charge >= 0.3 is 0 Å². The van der Waals surface area contributed by atoms with Crippen LogP contribution in [0, 0.1) is 0 Å². The second-order valence-corrected chi connectivity index (χ2v) is 10.1. The standard InChI is InChI=1S/C26H25N3O2S2/c1-27-21-12-6-5-11-19(21)23(28-14-7-8-15-28)20(24(27)30)17-22-25(31)29(26(32)33-22)16-13-18-9-3-2-4-10-18/h2-6,9-12,17H,7-8,13-16H2,1H3. The molecule has 0 N–H and O–H groups in total. The maximum absolute atomic E-state index is 13.5. The molecule has 0 atom stereocenters. The highest BCUT2D eigenvalue weighted by Gasteiger charge is 2.33. The minimum atomic E-state index is -0.122. The lowest BCUT2D eigenvalue weighted by molar-refractivity contribution is -0.122. The number of carbonyl (C=O) groups is 1. The lowest BCUT2D eigenvalue weighted by Gasteiger charge is -2.23. The lowest BCUT2D eigenvalue weighted by Crippen LogP contribution is -2.30. The molecule has 0 radical (unpaired) electrons. The average molecular weight is 476 g/mol. The highest BCUT2D eigenvalue weighted by atomic mass is 32.2. The fourth-order valence-electron chi connectivity index (χ4n) is 4.62. The van der Waals surface area contributed by atoms with Crippen molar-refractivity contribution < 1.29 is 4.79 Å². The van der Waals surface area contributed by atoms with Gasteiger partial charge in [-0.25, -0.2) is 0 Å². The number of aryl methyl sites for hydroxylation is 1. The van der Waals surface area contributed by atoms with Crippen molar-refractivity contribution >= 4 is 56.9 Å². The van der Waals surface area contributed by atoms with Crippen LogP contribution in [0.1, 0.15) is 24.0 Å². The molecule has 3 aromatic rings. The van der Waals surface area contributed by atoms with Gasteiger partial charge in [0.2, 0.25) is 0 Å². The Morgan fingerprint density at radius 1 is 1.00 bits per heavy atom. The molecule has 0 aliphatic carbocycles. The van der Waals surface area contributed by atoms with Gasteiger partial charge in [0.05, 0.1) is 21.7 Å². The van der Waals surface area contributed by atoms with Gasteiger partial charge in [-0.1, -0.05) is 72.5 Å². The zero-order valence-corrected chi connectivity index (χ0v) is 20.1. The Labute approximate surface area is 202 Å². The molecule has 1 amide bonds. The van der Waals surface area contributed by atoms with Crippen molar-refractivity contribution in [3.63, 3.8) is 0 Å². The number of amides is 1. The van der Waals surface area contributed by atoms with E-state index in [4.69, 9.17) is 12.2 Å². The molecule has 2 fully saturated rings. The molecule has 3 heterocycles. The smallest absolute Gasteiger partial charge is 0.266 e. The van der Waals surface area contributed by atoms with E-state index in [-0.39, 0.29) is 11.5 Å². The van der Waals surface area contributed by atoms with Crippen LogP contribution in [0.5, 0.6) is 0 Å². The highest BCUT2D eigenvalue weighted by Crippen LogP contribution is 2.37. The Kier molecular flexibility index (Phi) is 6.08. The fraction of sp³-hybridized carbons (Fsp3) is 0.269. The molecule has 2 aliphatic rings. The number of anilines is 1. The molecular formula is C26H25N3O2S2. The van der Waals surface area contributed by atoms with E-state index in [2.05, 4.69) is 23.1 Å². The number of nitrogens with zero attached hydrogens (tertiary/aromatic N) is 3. The first-order valence-corrected chi connectivity index (χ1v) is 12.4. The Hall–Kier alpha value is -2.90. The van der Waals surface area contributed by atoms with Crippen molar-refractivity contribution in [2.45, 2.75) is 19.3 Å². The van der Waals surface area contributed by atoms with Crippen LogP contribution in [0.2, 0.25) is 0 Å². The van der Waals surface area contributed by atoms with E-state index in [1.165, 1.54) is 11.8 Å². The van der Waals surface area contributed by atoms with Crippen LogP contribution in [0.3, 0.4) is 0 Å². The molecular weight excluding hydrogens is 450 g/mol. The van der Waals surface area contributed by atoms with Crippen LogP contribution < -0.4 is 10.5 Å². The van der Waals surface area contributed by atoms with E-state index in [0.29, 0.717) is 21.3 Å². The molecule has 1 aromatic heterocycles. The number of hydrogen-bond donors (Lipinski definition) is 0. The third kappa shape index (κ3) is 4.11. The van der Waals surface area contributed by atoms with Crippen LogP contribution in [0.4, 0.5) is 5.69 Å². The van der Waals surface area contributed by atoms with Gasteiger partial charge in [0.15, 0.2) is 0 Å². The van der Waals surface area contributed by atoms with Gasteiger partial charge in [-0.2, -0.15) is 0 Å².